The summed E-state index contributed by atoms with van der Waals surface area (Å²) in [7, 11) is 0. The fourth-order valence-electron chi connectivity index (χ4n) is 1.57. The van der Waals surface area contributed by atoms with E-state index in [2.05, 4.69) is 16.4 Å². The van der Waals surface area contributed by atoms with Crippen molar-refractivity contribution in [2.75, 3.05) is 25.0 Å². The monoisotopic (exact) mass is 251 g/mol. The first-order chi connectivity index (χ1) is 8.35. The maximum absolute atomic E-state index is 5.55. The zero-order chi connectivity index (χ0) is 12.1. The van der Waals surface area contributed by atoms with Crippen LogP contribution in [0.1, 0.15) is 13.3 Å². The lowest BCUT2D eigenvalue weighted by molar-refractivity contribution is 0.344. The minimum absolute atomic E-state index is 0.659. The number of para-hydroxylation sites is 1. The highest BCUT2D eigenvalue weighted by Crippen LogP contribution is 2.32. The second kappa shape index (κ2) is 5.84. The molecule has 0 spiro atoms. The second-order valence-electron chi connectivity index (χ2n) is 3.62. The molecule has 4 nitrogen and oxygen atoms in total. The van der Waals surface area contributed by atoms with Gasteiger partial charge in [-0.1, -0.05) is 17.4 Å². The Morgan fingerprint density at radius 2 is 2.35 bits per heavy atom. The number of nitrogens with one attached hydrogen (secondary N) is 1. The van der Waals surface area contributed by atoms with Crippen LogP contribution < -0.4 is 15.8 Å². The molecule has 1 aromatic heterocycles. The molecule has 0 saturated heterocycles. The molecule has 0 amide bonds. The van der Waals surface area contributed by atoms with E-state index in [9.17, 15) is 0 Å². The normalized spacial score (nSPS) is 10.7. The standard InChI is InChI=1S/C12H17N3OS/c1-2-16-9-5-3-6-10-11(9)15-12(17-10)14-8-4-7-13/h3,5-6H,2,4,7-8,13H2,1H3,(H,14,15). The lowest BCUT2D eigenvalue weighted by Crippen LogP contribution is -2.08. The molecule has 0 fully saturated rings. The summed E-state index contributed by atoms with van der Waals surface area (Å²) in [4.78, 5) is 4.54. The predicted octanol–water partition coefficient (Wildman–Crippen LogP) is 2.46. The van der Waals surface area contributed by atoms with E-state index in [1.165, 1.54) is 0 Å². The Morgan fingerprint density at radius 3 is 3.12 bits per heavy atom. The zero-order valence-corrected chi connectivity index (χ0v) is 10.7. The van der Waals surface area contributed by atoms with E-state index >= 15 is 0 Å². The molecular formula is C12H17N3OS. The molecule has 0 aliphatic heterocycles. The van der Waals surface area contributed by atoms with Crippen molar-refractivity contribution >= 4 is 26.7 Å². The van der Waals surface area contributed by atoms with Crippen molar-refractivity contribution in [2.24, 2.45) is 5.73 Å². The van der Waals surface area contributed by atoms with E-state index in [0.717, 1.165) is 34.1 Å². The molecule has 3 N–H and O–H groups in total. The second-order valence-corrected chi connectivity index (χ2v) is 4.65. The van der Waals surface area contributed by atoms with Gasteiger partial charge in [0.2, 0.25) is 0 Å². The van der Waals surface area contributed by atoms with E-state index in [-0.39, 0.29) is 0 Å². The van der Waals surface area contributed by atoms with Gasteiger partial charge in [-0.05, 0) is 32.0 Å². The topological polar surface area (TPSA) is 60.2 Å². The molecule has 2 aromatic rings. The van der Waals surface area contributed by atoms with Gasteiger partial charge in [0.15, 0.2) is 5.13 Å². The third kappa shape index (κ3) is 2.87. The largest absolute Gasteiger partial charge is 0.492 e. The number of anilines is 1. The van der Waals surface area contributed by atoms with Gasteiger partial charge in [-0.2, -0.15) is 0 Å². The van der Waals surface area contributed by atoms with Crippen molar-refractivity contribution in [2.45, 2.75) is 13.3 Å². The number of fused-ring (bicyclic) bond motifs is 1. The van der Waals surface area contributed by atoms with Gasteiger partial charge in [0.05, 0.1) is 11.3 Å². The van der Waals surface area contributed by atoms with Gasteiger partial charge in [-0.3, -0.25) is 0 Å². The fourth-order valence-corrected chi connectivity index (χ4v) is 2.48. The van der Waals surface area contributed by atoms with E-state index in [1.54, 1.807) is 11.3 Å². The highest BCUT2D eigenvalue weighted by Gasteiger charge is 2.07. The summed E-state index contributed by atoms with van der Waals surface area (Å²) in [5.74, 6) is 0.855. The van der Waals surface area contributed by atoms with Crippen LogP contribution in [0.2, 0.25) is 0 Å². The van der Waals surface area contributed by atoms with Gasteiger partial charge in [-0.15, -0.1) is 0 Å². The molecule has 0 radical (unpaired) electrons. The molecule has 0 bridgehead atoms. The number of hydrogen-bond acceptors (Lipinski definition) is 5. The number of thiazole rings is 1. The molecule has 1 heterocycles. The van der Waals surface area contributed by atoms with E-state index in [4.69, 9.17) is 10.5 Å². The van der Waals surface area contributed by atoms with Crippen LogP contribution >= 0.6 is 11.3 Å². The average molecular weight is 251 g/mol. The maximum atomic E-state index is 5.55. The first kappa shape index (κ1) is 12.1. The molecule has 0 atom stereocenters. The molecule has 2 rings (SSSR count). The Hall–Kier alpha value is -1.33. The van der Waals surface area contributed by atoms with Crippen molar-refractivity contribution in [3.63, 3.8) is 0 Å². The van der Waals surface area contributed by atoms with Crippen molar-refractivity contribution in [3.8, 4) is 5.75 Å². The quantitative estimate of drug-likeness (QED) is 0.774. The number of rotatable bonds is 6. The molecule has 0 aliphatic rings. The third-order valence-corrected chi connectivity index (χ3v) is 3.32. The SMILES string of the molecule is CCOc1cccc2sc(NCCCN)nc12. The van der Waals surface area contributed by atoms with Gasteiger partial charge in [0.25, 0.3) is 0 Å². The Balaban J connectivity index is 2.20. The Morgan fingerprint density at radius 1 is 1.47 bits per heavy atom. The smallest absolute Gasteiger partial charge is 0.183 e. The van der Waals surface area contributed by atoms with Gasteiger partial charge >= 0.3 is 0 Å². The highest BCUT2D eigenvalue weighted by atomic mass is 32.1. The predicted molar refractivity (Wildman–Crippen MR) is 73.0 cm³/mol. The Kier molecular flexibility index (Phi) is 4.17. The number of aromatic nitrogens is 1. The van der Waals surface area contributed by atoms with Gasteiger partial charge in [-0.25, -0.2) is 4.98 Å². The first-order valence-corrected chi connectivity index (χ1v) is 6.63. The van der Waals surface area contributed by atoms with Crippen molar-refractivity contribution in [1.29, 1.82) is 0 Å². The summed E-state index contributed by atoms with van der Waals surface area (Å²) in [6.07, 6.45) is 0.953. The Bertz CT molecular complexity index is 484. The van der Waals surface area contributed by atoms with Crippen LogP contribution in [0.25, 0.3) is 10.2 Å². The zero-order valence-electron chi connectivity index (χ0n) is 9.90. The van der Waals surface area contributed by atoms with Crippen LogP contribution in [-0.4, -0.2) is 24.7 Å². The van der Waals surface area contributed by atoms with Crippen LogP contribution in [0.5, 0.6) is 5.75 Å². The minimum Gasteiger partial charge on any atom is -0.492 e. The number of benzene rings is 1. The fraction of sp³-hybridized carbons (Fsp3) is 0.417. The van der Waals surface area contributed by atoms with Crippen molar-refractivity contribution in [1.82, 2.24) is 4.98 Å². The molecule has 5 heteroatoms. The average Bonchev–Trinajstić information content (AvgIpc) is 2.74. The number of hydrogen-bond donors (Lipinski definition) is 2. The first-order valence-electron chi connectivity index (χ1n) is 5.81. The number of ether oxygens (including phenoxy) is 1. The maximum Gasteiger partial charge on any atom is 0.183 e. The summed E-state index contributed by atoms with van der Waals surface area (Å²) in [5.41, 5.74) is 6.39. The van der Waals surface area contributed by atoms with Crippen molar-refractivity contribution in [3.05, 3.63) is 18.2 Å². The Labute approximate surface area is 105 Å². The van der Waals surface area contributed by atoms with Crippen LogP contribution in [0.15, 0.2) is 18.2 Å². The molecular weight excluding hydrogens is 234 g/mol. The summed E-state index contributed by atoms with van der Waals surface area (Å²) in [5, 5.41) is 4.21. The molecule has 0 unspecified atom stereocenters. The lowest BCUT2D eigenvalue weighted by atomic mass is 10.3. The van der Waals surface area contributed by atoms with E-state index in [1.807, 2.05) is 19.1 Å². The molecule has 17 heavy (non-hydrogen) atoms. The minimum atomic E-state index is 0.659. The molecule has 92 valence electrons. The van der Waals surface area contributed by atoms with Crippen LogP contribution in [0.3, 0.4) is 0 Å². The third-order valence-electron chi connectivity index (χ3n) is 2.34. The summed E-state index contributed by atoms with van der Waals surface area (Å²) in [6.45, 7) is 4.20. The summed E-state index contributed by atoms with van der Waals surface area (Å²) in [6, 6.07) is 6.01. The van der Waals surface area contributed by atoms with Crippen molar-refractivity contribution < 1.29 is 4.74 Å². The van der Waals surface area contributed by atoms with Gasteiger partial charge < -0.3 is 15.8 Å². The summed E-state index contributed by atoms with van der Waals surface area (Å²) < 4.78 is 6.70. The molecule has 0 saturated carbocycles. The van der Waals surface area contributed by atoms with Gasteiger partial charge in [0, 0.05) is 6.54 Å². The van der Waals surface area contributed by atoms with Gasteiger partial charge in [0.1, 0.15) is 11.3 Å². The number of nitrogens with zero attached hydrogens (tertiary/aromatic N) is 1. The van der Waals surface area contributed by atoms with E-state index in [0.29, 0.717) is 13.2 Å². The van der Waals surface area contributed by atoms with Crippen LogP contribution in [0.4, 0.5) is 5.13 Å². The van der Waals surface area contributed by atoms with Crippen LogP contribution in [0, 0.1) is 0 Å². The number of nitrogens with two attached hydrogens (primary N) is 1. The van der Waals surface area contributed by atoms with Crippen LogP contribution in [-0.2, 0) is 0 Å². The highest BCUT2D eigenvalue weighted by molar-refractivity contribution is 7.22. The summed E-state index contributed by atoms with van der Waals surface area (Å²) >= 11 is 1.64. The van der Waals surface area contributed by atoms with E-state index < -0.39 is 0 Å². The lowest BCUT2D eigenvalue weighted by Gasteiger charge is -2.02. The molecule has 0 aliphatic carbocycles. The molecule has 1 aromatic carbocycles.